The van der Waals surface area contributed by atoms with Crippen molar-refractivity contribution in [3.63, 3.8) is 0 Å². The van der Waals surface area contributed by atoms with Crippen molar-refractivity contribution in [1.29, 1.82) is 0 Å². The minimum atomic E-state index is 0.470. The van der Waals surface area contributed by atoms with E-state index in [1.807, 2.05) is 11.6 Å². The summed E-state index contributed by atoms with van der Waals surface area (Å²) < 4.78 is 5.52. The van der Waals surface area contributed by atoms with Crippen LogP contribution in [0.15, 0.2) is 29.8 Å². The molecular formula is C15H18N2OS. The van der Waals surface area contributed by atoms with Gasteiger partial charge in [0.1, 0.15) is 5.75 Å². The Morgan fingerprint density at radius 3 is 3.26 bits per heavy atom. The Kier molecular flexibility index (Phi) is 3.80. The highest BCUT2D eigenvalue weighted by molar-refractivity contribution is 7.09. The molecule has 1 aromatic carbocycles. The lowest BCUT2D eigenvalue weighted by Gasteiger charge is -2.10. The van der Waals surface area contributed by atoms with Crippen LogP contribution >= 0.6 is 11.3 Å². The second kappa shape index (κ2) is 5.72. The zero-order valence-electron chi connectivity index (χ0n) is 11.1. The van der Waals surface area contributed by atoms with Gasteiger partial charge in [-0.05, 0) is 17.2 Å². The summed E-state index contributed by atoms with van der Waals surface area (Å²) in [4.78, 5) is 4.35. The van der Waals surface area contributed by atoms with Gasteiger partial charge in [-0.25, -0.2) is 4.98 Å². The van der Waals surface area contributed by atoms with Gasteiger partial charge in [-0.15, -0.1) is 11.3 Å². The van der Waals surface area contributed by atoms with E-state index >= 15 is 0 Å². The molecule has 0 radical (unpaired) electrons. The molecule has 0 fully saturated rings. The number of fused-ring (bicyclic) bond motifs is 1. The van der Waals surface area contributed by atoms with Gasteiger partial charge in [0.2, 0.25) is 0 Å². The first-order chi connectivity index (χ1) is 9.33. The predicted octanol–water partition coefficient (Wildman–Crippen LogP) is 2.97. The topological polar surface area (TPSA) is 34.1 Å². The lowest BCUT2D eigenvalue weighted by molar-refractivity contribution is 0.357. The molecule has 2 aromatic rings. The maximum absolute atomic E-state index is 5.52. The summed E-state index contributed by atoms with van der Waals surface area (Å²) in [5.74, 6) is 1.53. The smallest absolute Gasteiger partial charge is 0.122 e. The van der Waals surface area contributed by atoms with Gasteiger partial charge in [-0.2, -0.15) is 0 Å². The van der Waals surface area contributed by atoms with Crippen LogP contribution in [0.25, 0.3) is 0 Å². The highest BCUT2D eigenvalue weighted by atomic mass is 32.1. The number of rotatable bonds is 5. The zero-order chi connectivity index (χ0) is 13.1. The van der Waals surface area contributed by atoms with Crippen LogP contribution in [-0.2, 0) is 13.0 Å². The third kappa shape index (κ3) is 2.96. The van der Waals surface area contributed by atoms with E-state index in [0.29, 0.717) is 5.92 Å². The van der Waals surface area contributed by atoms with Crippen LogP contribution in [0, 0.1) is 0 Å². The molecular weight excluding hydrogens is 256 g/mol. The van der Waals surface area contributed by atoms with Gasteiger partial charge in [-0.1, -0.05) is 19.1 Å². The Hall–Kier alpha value is -1.39. The third-order valence-electron chi connectivity index (χ3n) is 3.41. The fourth-order valence-corrected chi connectivity index (χ4v) is 3.05. The highest BCUT2D eigenvalue weighted by Gasteiger charge is 2.12. The molecule has 3 rings (SSSR count). The summed E-state index contributed by atoms with van der Waals surface area (Å²) in [7, 11) is 0. The summed E-state index contributed by atoms with van der Waals surface area (Å²) in [5, 5.41) is 6.74. The molecule has 1 unspecified atom stereocenters. The number of aromatic nitrogens is 1. The van der Waals surface area contributed by atoms with Crippen molar-refractivity contribution in [2.24, 2.45) is 0 Å². The van der Waals surface area contributed by atoms with Gasteiger partial charge in [0.15, 0.2) is 0 Å². The Labute approximate surface area is 117 Å². The zero-order valence-corrected chi connectivity index (χ0v) is 11.9. The van der Waals surface area contributed by atoms with E-state index in [1.165, 1.54) is 16.1 Å². The molecule has 0 aliphatic carbocycles. The minimum Gasteiger partial charge on any atom is -0.493 e. The Morgan fingerprint density at radius 2 is 2.42 bits per heavy atom. The Morgan fingerprint density at radius 1 is 1.47 bits per heavy atom. The van der Waals surface area contributed by atoms with Crippen molar-refractivity contribution in [3.05, 3.63) is 45.9 Å². The summed E-state index contributed by atoms with van der Waals surface area (Å²) >= 11 is 1.73. The minimum absolute atomic E-state index is 0.470. The summed E-state index contributed by atoms with van der Waals surface area (Å²) in [5.41, 5.74) is 2.67. The van der Waals surface area contributed by atoms with Gasteiger partial charge >= 0.3 is 0 Å². The average molecular weight is 274 g/mol. The van der Waals surface area contributed by atoms with Gasteiger partial charge in [0.05, 0.1) is 11.6 Å². The first-order valence-corrected chi connectivity index (χ1v) is 7.55. The number of nitrogens with one attached hydrogen (secondary N) is 1. The van der Waals surface area contributed by atoms with Crippen molar-refractivity contribution in [3.8, 4) is 5.75 Å². The molecule has 3 nitrogen and oxygen atoms in total. The van der Waals surface area contributed by atoms with Crippen LogP contribution in [0.1, 0.15) is 29.0 Å². The van der Waals surface area contributed by atoms with E-state index in [-0.39, 0.29) is 0 Å². The first kappa shape index (κ1) is 12.6. The molecule has 0 saturated heterocycles. The molecule has 1 atom stereocenters. The third-order valence-corrected chi connectivity index (χ3v) is 4.41. The van der Waals surface area contributed by atoms with Crippen LogP contribution < -0.4 is 10.1 Å². The largest absolute Gasteiger partial charge is 0.493 e. The van der Waals surface area contributed by atoms with Gasteiger partial charge in [0, 0.05) is 37.0 Å². The van der Waals surface area contributed by atoms with Crippen LogP contribution in [0.4, 0.5) is 0 Å². The molecule has 1 aromatic heterocycles. The number of ether oxygens (including phenoxy) is 1. The molecule has 2 heterocycles. The molecule has 1 N–H and O–H groups in total. The van der Waals surface area contributed by atoms with Crippen LogP contribution in [0.5, 0.6) is 5.75 Å². The van der Waals surface area contributed by atoms with Gasteiger partial charge in [0.25, 0.3) is 0 Å². The van der Waals surface area contributed by atoms with Crippen molar-refractivity contribution >= 4 is 11.3 Å². The fraction of sp³-hybridized carbons (Fsp3) is 0.400. The molecule has 0 amide bonds. The second-order valence-corrected chi connectivity index (χ2v) is 5.87. The summed E-state index contributed by atoms with van der Waals surface area (Å²) in [6, 6.07) is 6.48. The lowest BCUT2D eigenvalue weighted by Crippen LogP contribution is -2.19. The van der Waals surface area contributed by atoms with Crippen molar-refractivity contribution in [1.82, 2.24) is 10.3 Å². The number of nitrogens with zero attached hydrogens (tertiary/aromatic N) is 1. The van der Waals surface area contributed by atoms with E-state index in [4.69, 9.17) is 4.74 Å². The molecule has 0 spiro atoms. The standard InChI is InChI=1S/C15H18N2OS/c1-11(15-17-5-7-19-15)9-16-10-12-2-3-14-13(8-12)4-6-18-14/h2-3,5,7-8,11,16H,4,6,9-10H2,1H3. The van der Waals surface area contributed by atoms with E-state index in [9.17, 15) is 0 Å². The number of hydrogen-bond donors (Lipinski definition) is 1. The molecule has 0 saturated carbocycles. The van der Waals surface area contributed by atoms with E-state index < -0.39 is 0 Å². The summed E-state index contributed by atoms with van der Waals surface area (Å²) in [6.45, 7) is 4.90. The SMILES string of the molecule is CC(CNCc1ccc2c(c1)CCO2)c1nccs1. The monoisotopic (exact) mass is 274 g/mol. The average Bonchev–Trinajstić information content (AvgIpc) is 3.09. The first-order valence-electron chi connectivity index (χ1n) is 6.67. The van der Waals surface area contributed by atoms with E-state index in [2.05, 4.69) is 35.4 Å². The summed E-state index contributed by atoms with van der Waals surface area (Å²) in [6.07, 6.45) is 2.91. The lowest BCUT2D eigenvalue weighted by atomic mass is 10.1. The maximum atomic E-state index is 5.52. The number of thiazole rings is 1. The quantitative estimate of drug-likeness (QED) is 0.910. The highest BCUT2D eigenvalue weighted by Crippen LogP contribution is 2.25. The normalized spacial score (nSPS) is 15.0. The van der Waals surface area contributed by atoms with Crippen LogP contribution in [-0.4, -0.2) is 18.1 Å². The molecule has 100 valence electrons. The van der Waals surface area contributed by atoms with Gasteiger partial charge in [-0.3, -0.25) is 0 Å². The fourth-order valence-electron chi connectivity index (χ4n) is 2.35. The van der Waals surface area contributed by atoms with Crippen LogP contribution in [0.2, 0.25) is 0 Å². The van der Waals surface area contributed by atoms with Crippen LogP contribution in [0.3, 0.4) is 0 Å². The molecule has 4 heteroatoms. The number of hydrogen-bond acceptors (Lipinski definition) is 4. The van der Waals surface area contributed by atoms with Crippen molar-refractivity contribution < 1.29 is 4.74 Å². The molecule has 1 aliphatic heterocycles. The molecule has 0 bridgehead atoms. The van der Waals surface area contributed by atoms with E-state index in [1.54, 1.807) is 11.3 Å². The Balaban J connectivity index is 1.52. The van der Waals surface area contributed by atoms with Crippen molar-refractivity contribution in [2.75, 3.05) is 13.2 Å². The van der Waals surface area contributed by atoms with E-state index in [0.717, 1.165) is 31.9 Å². The van der Waals surface area contributed by atoms with Crippen molar-refractivity contribution in [2.45, 2.75) is 25.8 Å². The predicted molar refractivity (Wildman–Crippen MR) is 77.9 cm³/mol. The number of benzene rings is 1. The van der Waals surface area contributed by atoms with Gasteiger partial charge < -0.3 is 10.1 Å². The molecule has 1 aliphatic rings. The molecule has 19 heavy (non-hydrogen) atoms. The maximum Gasteiger partial charge on any atom is 0.122 e. The Bertz CT molecular complexity index is 539. The second-order valence-electron chi connectivity index (χ2n) is 4.94.